The average molecular weight is 348 g/mol. The number of rotatable bonds is 2. The maximum Gasteiger partial charge on any atom is 0.260 e. The fraction of sp³-hybridized carbons (Fsp3) is 0.100. The Morgan fingerprint density at radius 1 is 0.920 bits per heavy atom. The zero-order valence-electron chi connectivity index (χ0n) is 13.8. The van der Waals surface area contributed by atoms with Gasteiger partial charge in [-0.15, -0.1) is 11.3 Å². The topological polar surface area (TPSA) is 66.0 Å². The minimum Gasteiger partial charge on any atom is -0.508 e. The first-order valence-electron chi connectivity index (χ1n) is 7.93. The number of aromatic hydroxyl groups is 1. The van der Waals surface area contributed by atoms with Crippen LogP contribution in [-0.2, 0) is 0 Å². The third-order valence-electron chi connectivity index (χ3n) is 4.40. The molecule has 0 aliphatic rings. The van der Waals surface area contributed by atoms with Gasteiger partial charge in [-0.3, -0.25) is 4.79 Å². The van der Waals surface area contributed by atoms with Crippen LogP contribution in [0.15, 0.2) is 53.3 Å². The van der Waals surface area contributed by atoms with E-state index in [0.29, 0.717) is 11.2 Å². The highest BCUT2D eigenvalue weighted by Crippen LogP contribution is 2.28. The molecule has 0 bridgehead atoms. The van der Waals surface area contributed by atoms with E-state index < -0.39 is 0 Å². The molecule has 4 rings (SSSR count). The molecule has 0 spiro atoms. The number of aromatic amines is 1. The molecule has 0 saturated heterocycles. The summed E-state index contributed by atoms with van der Waals surface area (Å²) in [7, 11) is 0. The number of benzene rings is 2. The summed E-state index contributed by atoms with van der Waals surface area (Å²) in [5.41, 5.74) is 3.83. The number of nitrogens with one attached hydrogen (secondary N) is 1. The third-order valence-corrected chi connectivity index (χ3v) is 5.50. The summed E-state index contributed by atoms with van der Waals surface area (Å²) in [5, 5.41) is 10.1. The molecule has 0 radical (unpaired) electrons. The molecule has 124 valence electrons. The van der Waals surface area contributed by atoms with E-state index in [1.807, 2.05) is 50.2 Å². The van der Waals surface area contributed by atoms with E-state index in [2.05, 4.69) is 9.97 Å². The van der Waals surface area contributed by atoms with Crippen LogP contribution < -0.4 is 5.56 Å². The van der Waals surface area contributed by atoms with Crippen LogP contribution in [0, 0.1) is 13.8 Å². The molecule has 2 N–H and O–H groups in total. The van der Waals surface area contributed by atoms with Gasteiger partial charge in [0.15, 0.2) is 0 Å². The molecule has 4 nitrogen and oxygen atoms in total. The Balaban J connectivity index is 1.76. The second-order valence-corrected chi connectivity index (χ2v) is 7.21. The van der Waals surface area contributed by atoms with Crippen LogP contribution in [0.4, 0.5) is 0 Å². The SMILES string of the molecule is Cc1sc2nc(-c3ccc(-c4ccc(O)cc4)cc3)[nH]c(=O)c2c1C. The lowest BCUT2D eigenvalue weighted by Gasteiger charge is -2.05. The van der Waals surface area contributed by atoms with E-state index in [1.54, 1.807) is 23.5 Å². The van der Waals surface area contributed by atoms with Crippen LogP contribution in [0.5, 0.6) is 5.75 Å². The molecule has 0 atom stereocenters. The summed E-state index contributed by atoms with van der Waals surface area (Å²) in [6.07, 6.45) is 0. The Morgan fingerprint density at radius 2 is 1.48 bits per heavy atom. The smallest absolute Gasteiger partial charge is 0.260 e. The normalized spacial score (nSPS) is 11.1. The van der Waals surface area contributed by atoms with Crippen molar-refractivity contribution in [3.05, 3.63) is 69.3 Å². The van der Waals surface area contributed by atoms with Gasteiger partial charge in [-0.2, -0.15) is 0 Å². The second kappa shape index (κ2) is 5.86. The molecule has 0 amide bonds. The molecule has 0 saturated carbocycles. The molecular weight excluding hydrogens is 332 g/mol. The van der Waals surface area contributed by atoms with Crippen LogP contribution in [0.1, 0.15) is 10.4 Å². The van der Waals surface area contributed by atoms with Gasteiger partial charge in [0.2, 0.25) is 0 Å². The highest BCUT2D eigenvalue weighted by molar-refractivity contribution is 7.18. The Labute approximate surface area is 148 Å². The Morgan fingerprint density at radius 3 is 2.12 bits per heavy atom. The predicted octanol–water partition coefficient (Wildman–Crippen LogP) is 4.64. The molecule has 2 aromatic heterocycles. The lowest BCUT2D eigenvalue weighted by Crippen LogP contribution is -2.09. The van der Waals surface area contributed by atoms with Gasteiger partial charge in [0.1, 0.15) is 16.4 Å². The summed E-state index contributed by atoms with van der Waals surface area (Å²) in [6, 6.07) is 14.9. The summed E-state index contributed by atoms with van der Waals surface area (Å²) >= 11 is 1.55. The lowest BCUT2D eigenvalue weighted by molar-refractivity contribution is 0.475. The van der Waals surface area contributed by atoms with Gasteiger partial charge in [-0.1, -0.05) is 36.4 Å². The Bertz CT molecular complexity index is 1120. The van der Waals surface area contributed by atoms with Gasteiger partial charge in [0.25, 0.3) is 5.56 Å². The summed E-state index contributed by atoms with van der Waals surface area (Å²) in [4.78, 5) is 21.8. The molecule has 2 aromatic carbocycles. The molecule has 0 aliphatic carbocycles. The number of H-pyrrole nitrogens is 1. The van der Waals surface area contributed by atoms with Crippen molar-refractivity contribution in [2.24, 2.45) is 0 Å². The van der Waals surface area contributed by atoms with Crippen molar-refractivity contribution < 1.29 is 5.11 Å². The molecular formula is C20H16N2O2S. The van der Waals surface area contributed by atoms with Crippen molar-refractivity contribution in [3.8, 4) is 28.3 Å². The predicted molar refractivity (Wildman–Crippen MR) is 102 cm³/mol. The molecule has 0 unspecified atom stereocenters. The van der Waals surface area contributed by atoms with Crippen molar-refractivity contribution in [1.29, 1.82) is 0 Å². The number of aryl methyl sites for hydroxylation is 2. The van der Waals surface area contributed by atoms with E-state index >= 15 is 0 Å². The van der Waals surface area contributed by atoms with Gasteiger partial charge in [-0.25, -0.2) is 4.98 Å². The number of phenolic OH excluding ortho intramolecular Hbond substituents is 1. The molecule has 2 heterocycles. The molecule has 0 fully saturated rings. The summed E-state index contributed by atoms with van der Waals surface area (Å²) < 4.78 is 0. The molecule has 25 heavy (non-hydrogen) atoms. The van der Waals surface area contributed by atoms with E-state index in [1.165, 1.54) is 0 Å². The average Bonchev–Trinajstić information content (AvgIpc) is 2.90. The highest BCUT2D eigenvalue weighted by Gasteiger charge is 2.12. The van der Waals surface area contributed by atoms with Gasteiger partial charge in [0, 0.05) is 10.4 Å². The molecule has 5 heteroatoms. The van der Waals surface area contributed by atoms with E-state index in [-0.39, 0.29) is 11.3 Å². The first-order valence-corrected chi connectivity index (χ1v) is 8.74. The highest BCUT2D eigenvalue weighted by atomic mass is 32.1. The maximum absolute atomic E-state index is 12.4. The molecule has 0 aliphatic heterocycles. The number of aromatic nitrogens is 2. The van der Waals surface area contributed by atoms with Crippen molar-refractivity contribution in [2.75, 3.05) is 0 Å². The fourth-order valence-corrected chi connectivity index (χ4v) is 3.90. The molecule has 4 aromatic rings. The van der Waals surface area contributed by atoms with E-state index in [0.717, 1.165) is 32.0 Å². The summed E-state index contributed by atoms with van der Waals surface area (Å²) in [6.45, 7) is 3.96. The fourth-order valence-electron chi connectivity index (χ4n) is 2.87. The Kier molecular flexibility index (Phi) is 3.66. The zero-order valence-corrected chi connectivity index (χ0v) is 14.6. The van der Waals surface area contributed by atoms with Crippen LogP contribution in [0.3, 0.4) is 0 Å². The number of fused-ring (bicyclic) bond motifs is 1. The van der Waals surface area contributed by atoms with Crippen molar-refractivity contribution in [3.63, 3.8) is 0 Å². The van der Waals surface area contributed by atoms with Crippen LogP contribution >= 0.6 is 11.3 Å². The number of phenols is 1. The standard InChI is InChI=1S/C20H16N2O2S/c1-11-12(2)25-20-17(11)19(24)21-18(22-20)15-5-3-13(4-6-15)14-7-9-16(23)10-8-14/h3-10,23H,1-2H3,(H,21,22,24). The number of hydrogen-bond donors (Lipinski definition) is 2. The lowest BCUT2D eigenvalue weighted by atomic mass is 10.0. The number of hydrogen-bond acceptors (Lipinski definition) is 4. The minimum absolute atomic E-state index is 0.0931. The first-order chi connectivity index (χ1) is 12.0. The zero-order chi connectivity index (χ0) is 17.6. The van der Waals surface area contributed by atoms with Gasteiger partial charge in [-0.05, 0) is 42.7 Å². The minimum atomic E-state index is -0.0931. The van der Waals surface area contributed by atoms with Crippen LogP contribution in [0.25, 0.3) is 32.7 Å². The second-order valence-electron chi connectivity index (χ2n) is 6.00. The monoisotopic (exact) mass is 348 g/mol. The quantitative estimate of drug-likeness (QED) is 0.554. The first kappa shape index (κ1) is 15.6. The van der Waals surface area contributed by atoms with Crippen molar-refractivity contribution in [2.45, 2.75) is 13.8 Å². The van der Waals surface area contributed by atoms with E-state index in [9.17, 15) is 9.90 Å². The van der Waals surface area contributed by atoms with Crippen molar-refractivity contribution in [1.82, 2.24) is 9.97 Å². The Hall–Kier alpha value is -2.92. The maximum atomic E-state index is 12.4. The number of nitrogens with zero attached hydrogens (tertiary/aromatic N) is 1. The van der Waals surface area contributed by atoms with Crippen molar-refractivity contribution >= 4 is 21.6 Å². The van der Waals surface area contributed by atoms with Gasteiger partial charge in [0.05, 0.1) is 5.39 Å². The van der Waals surface area contributed by atoms with Crippen LogP contribution in [0.2, 0.25) is 0 Å². The van der Waals surface area contributed by atoms with Crippen LogP contribution in [-0.4, -0.2) is 15.1 Å². The number of thiophene rings is 1. The van der Waals surface area contributed by atoms with E-state index in [4.69, 9.17) is 0 Å². The van der Waals surface area contributed by atoms with Gasteiger partial charge < -0.3 is 10.1 Å². The summed E-state index contributed by atoms with van der Waals surface area (Å²) in [5.74, 6) is 0.827. The van der Waals surface area contributed by atoms with Gasteiger partial charge >= 0.3 is 0 Å². The largest absolute Gasteiger partial charge is 0.508 e. The third kappa shape index (κ3) is 2.72.